The van der Waals surface area contributed by atoms with E-state index >= 15 is 0 Å². The molecule has 0 fully saturated rings. The number of esters is 2. The minimum absolute atomic E-state index is 0.0443. The van der Waals surface area contributed by atoms with E-state index in [2.05, 4.69) is 33.9 Å². The lowest BCUT2D eigenvalue weighted by atomic mass is 10.1. The quantitative estimate of drug-likeness (QED) is 0.242. The van der Waals surface area contributed by atoms with Crippen LogP contribution in [0.5, 0.6) is 0 Å². The number of hydrogen-bond donors (Lipinski definition) is 1. The molecule has 0 radical (unpaired) electrons. The number of nitrogens with one attached hydrogen (secondary N) is 1. The van der Waals surface area contributed by atoms with Crippen LogP contribution in [0, 0.1) is 6.92 Å². The van der Waals surface area contributed by atoms with Gasteiger partial charge in [-0.3, -0.25) is 9.36 Å². The van der Waals surface area contributed by atoms with Crippen molar-refractivity contribution in [3.8, 4) is 11.4 Å². The second kappa shape index (κ2) is 12.5. The SMILES string of the molecule is CCOC(=O)c1sc(NC(=O)CSc2nnc(-c3csc(CC)c3)n2C(C)C)c(C(=O)OCC)c1C. The monoisotopic (exact) mass is 550 g/mol. The van der Waals surface area contributed by atoms with Crippen LogP contribution in [0.2, 0.25) is 0 Å². The summed E-state index contributed by atoms with van der Waals surface area (Å²) < 4.78 is 12.3. The van der Waals surface area contributed by atoms with E-state index < -0.39 is 11.9 Å². The summed E-state index contributed by atoms with van der Waals surface area (Å²) in [6.07, 6.45) is 0.954. The molecule has 0 aliphatic carbocycles. The smallest absolute Gasteiger partial charge is 0.348 e. The molecule has 0 aliphatic heterocycles. The van der Waals surface area contributed by atoms with Gasteiger partial charge >= 0.3 is 11.9 Å². The van der Waals surface area contributed by atoms with Crippen LogP contribution in [0.4, 0.5) is 5.00 Å². The number of aryl methyl sites for hydroxylation is 1. The van der Waals surface area contributed by atoms with Crippen molar-refractivity contribution in [3.63, 3.8) is 0 Å². The molecule has 3 heterocycles. The standard InChI is InChI=1S/C24H30N4O5S3/c1-7-16-10-15(11-34-16)20-26-27-24(28(20)13(4)5)35-12-17(29)25-21-18(22(30)32-8-2)14(6)19(36-21)23(31)33-9-3/h10-11,13H,7-9,12H2,1-6H3,(H,25,29). The zero-order chi connectivity index (χ0) is 26.4. The van der Waals surface area contributed by atoms with Gasteiger partial charge in [-0.1, -0.05) is 18.7 Å². The second-order valence-electron chi connectivity index (χ2n) is 7.96. The van der Waals surface area contributed by atoms with Gasteiger partial charge in [0.05, 0.1) is 24.5 Å². The molecule has 36 heavy (non-hydrogen) atoms. The lowest BCUT2D eigenvalue weighted by molar-refractivity contribution is -0.113. The molecule has 3 aromatic heterocycles. The van der Waals surface area contributed by atoms with Crippen LogP contribution >= 0.6 is 34.4 Å². The van der Waals surface area contributed by atoms with E-state index in [0.717, 1.165) is 29.1 Å². The first-order chi connectivity index (χ1) is 17.2. The first-order valence-electron chi connectivity index (χ1n) is 11.6. The maximum Gasteiger partial charge on any atom is 0.348 e. The summed E-state index contributed by atoms with van der Waals surface area (Å²) in [6.45, 7) is 11.6. The first kappa shape index (κ1) is 27.9. The van der Waals surface area contributed by atoms with Gasteiger partial charge < -0.3 is 14.8 Å². The molecule has 0 unspecified atom stereocenters. The van der Waals surface area contributed by atoms with Crippen molar-refractivity contribution in [2.45, 2.75) is 59.2 Å². The van der Waals surface area contributed by atoms with Crippen molar-refractivity contribution in [3.05, 3.63) is 32.3 Å². The van der Waals surface area contributed by atoms with Crippen LogP contribution in [-0.4, -0.2) is 51.6 Å². The van der Waals surface area contributed by atoms with Gasteiger partial charge in [0.15, 0.2) is 11.0 Å². The van der Waals surface area contributed by atoms with Gasteiger partial charge in [-0.15, -0.1) is 32.9 Å². The van der Waals surface area contributed by atoms with Gasteiger partial charge in [0.1, 0.15) is 9.88 Å². The Balaban J connectivity index is 1.80. The zero-order valence-electron chi connectivity index (χ0n) is 21.2. The molecular formula is C24H30N4O5S3. The van der Waals surface area contributed by atoms with E-state index in [0.29, 0.717) is 10.7 Å². The maximum absolute atomic E-state index is 12.9. The highest BCUT2D eigenvalue weighted by atomic mass is 32.2. The predicted molar refractivity (Wildman–Crippen MR) is 143 cm³/mol. The van der Waals surface area contributed by atoms with Gasteiger partial charge in [0.25, 0.3) is 0 Å². The Morgan fingerprint density at radius 3 is 2.42 bits per heavy atom. The Hall–Kier alpha value is -2.70. The molecule has 0 bridgehead atoms. The maximum atomic E-state index is 12.9. The molecule has 3 rings (SSSR count). The number of carbonyl (C=O) groups is 3. The summed E-state index contributed by atoms with van der Waals surface area (Å²) in [7, 11) is 0. The number of carbonyl (C=O) groups excluding carboxylic acids is 3. The Morgan fingerprint density at radius 2 is 1.81 bits per heavy atom. The van der Waals surface area contributed by atoms with Crippen LogP contribution in [0.3, 0.4) is 0 Å². The van der Waals surface area contributed by atoms with Crippen LogP contribution in [0.15, 0.2) is 16.6 Å². The third-order valence-corrected chi connectivity index (χ3v) is 8.33. The van der Waals surface area contributed by atoms with Crippen molar-refractivity contribution in [1.29, 1.82) is 0 Å². The highest BCUT2D eigenvalue weighted by Crippen LogP contribution is 2.35. The van der Waals surface area contributed by atoms with E-state index in [9.17, 15) is 14.4 Å². The number of hydrogen-bond acceptors (Lipinski definition) is 10. The molecule has 1 amide bonds. The molecule has 9 nitrogen and oxygen atoms in total. The third kappa shape index (κ3) is 6.16. The van der Waals surface area contributed by atoms with E-state index in [1.54, 1.807) is 32.1 Å². The van der Waals surface area contributed by atoms with Crippen LogP contribution in [0.25, 0.3) is 11.4 Å². The summed E-state index contributed by atoms with van der Waals surface area (Å²) in [5, 5.41) is 14.4. The predicted octanol–water partition coefficient (Wildman–Crippen LogP) is 5.60. The van der Waals surface area contributed by atoms with E-state index in [-0.39, 0.29) is 46.4 Å². The van der Waals surface area contributed by atoms with E-state index in [1.165, 1.54) is 16.6 Å². The van der Waals surface area contributed by atoms with E-state index in [4.69, 9.17) is 9.47 Å². The summed E-state index contributed by atoms with van der Waals surface area (Å²) in [4.78, 5) is 39.3. The number of thiophene rings is 2. The number of nitrogens with zero attached hydrogens (tertiary/aromatic N) is 3. The summed E-state index contributed by atoms with van der Waals surface area (Å²) in [5.41, 5.74) is 1.60. The molecule has 1 N–H and O–H groups in total. The molecule has 194 valence electrons. The summed E-state index contributed by atoms with van der Waals surface area (Å²) in [6, 6.07) is 2.21. The fourth-order valence-corrected chi connectivity index (χ4v) is 6.24. The lowest BCUT2D eigenvalue weighted by Crippen LogP contribution is -2.17. The van der Waals surface area contributed by atoms with Gasteiger partial charge in [-0.2, -0.15) is 0 Å². The molecule has 0 spiro atoms. The summed E-state index contributed by atoms with van der Waals surface area (Å²) in [5.74, 6) is -0.677. The summed E-state index contributed by atoms with van der Waals surface area (Å²) >= 11 is 3.95. The molecule has 0 saturated carbocycles. The number of thioether (sulfide) groups is 1. The average Bonchev–Trinajstić information content (AvgIpc) is 3.54. The molecule has 0 aliphatic rings. The number of rotatable bonds is 11. The largest absolute Gasteiger partial charge is 0.462 e. The molecular weight excluding hydrogens is 520 g/mol. The van der Waals surface area contributed by atoms with Crippen molar-refractivity contribution in [2.24, 2.45) is 0 Å². The van der Waals surface area contributed by atoms with Crippen molar-refractivity contribution < 1.29 is 23.9 Å². The number of amides is 1. The second-order valence-corrected chi connectivity index (χ2v) is 10.9. The van der Waals surface area contributed by atoms with Crippen LogP contribution < -0.4 is 5.32 Å². The minimum Gasteiger partial charge on any atom is -0.462 e. The molecule has 0 aromatic carbocycles. The van der Waals surface area contributed by atoms with Crippen molar-refractivity contribution in [1.82, 2.24) is 14.8 Å². The normalized spacial score (nSPS) is 11.1. The number of anilines is 1. The number of aromatic nitrogens is 3. The van der Waals surface area contributed by atoms with Gasteiger partial charge in [0.2, 0.25) is 5.91 Å². The first-order valence-corrected chi connectivity index (χ1v) is 14.3. The van der Waals surface area contributed by atoms with Gasteiger partial charge in [-0.25, -0.2) is 9.59 Å². The minimum atomic E-state index is -0.601. The van der Waals surface area contributed by atoms with Gasteiger partial charge in [0, 0.05) is 21.9 Å². The van der Waals surface area contributed by atoms with Gasteiger partial charge in [-0.05, 0) is 52.7 Å². The molecule has 12 heteroatoms. The van der Waals surface area contributed by atoms with Crippen LogP contribution in [-0.2, 0) is 20.7 Å². The Kier molecular flexibility index (Phi) is 9.69. The average molecular weight is 551 g/mol. The van der Waals surface area contributed by atoms with E-state index in [1.807, 2.05) is 18.4 Å². The Labute approximate surface area is 222 Å². The van der Waals surface area contributed by atoms with Crippen molar-refractivity contribution in [2.75, 3.05) is 24.3 Å². The Bertz CT molecular complexity index is 1240. The highest BCUT2D eigenvalue weighted by molar-refractivity contribution is 7.99. The van der Waals surface area contributed by atoms with Crippen molar-refractivity contribution >= 4 is 57.3 Å². The Morgan fingerprint density at radius 1 is 1.11 bits per heavy atom. The fourth-order valence-electron chi connectivity index (χ4n) is 3.46. The highest BCUT2D eigenvalue weighted by Gasteiger charge is 2.27. The third-order valence-electron chi connectivity index (χ3n) is 5.11. The lowest BCUT2D eigenvalue weighted by Gasteiger charge is -2.13. The van der Waals surface area contributed by atoms with Crippen LogP contribution in [0.1, 0.15) is 71.1 Å². The molecule has 0 saturated heterocycles. The molecule has 3 aromatic rings. The fraction of sp³-hybridized carbons (Fsp3) is 0.458. The zero-order valence-corrected chi connectivity index (χ0v) is 23.6. The topological polar surface area (TPSA) is 112 Å². The number of ether oxygens (including phenoxy) is 2. The molecule has 0 atom stereocenters.